The molecule has 62 heavy (non-hydrogen) atoms. The highest BCUT2D eigenvalue weighted by Crippen LogP contribution is 2.45. The average Bonchev–Trinajstić information content (AvgIpc) is 3.30. The van der Waals surface area contributed by atoms with Crippen LogP contribution in [0.2, 0.25) is 0 Å². The third-order valence-corrected chi connectivity index (χ3v) is 12.5. The van der Waals surface area contributed by atoms with Crippen molar-refractivity contribution in [2.45, 2.75) is 39.5 Å². The summed E-state index contributed by atoms with van der Waals surface area (Å²) in [6, 6.07) is 69.3. The summed E-state index contributed by atoms with van der Waals surface area (Å²) in [7, 11) is 0. The zero-order valence-corrected chi connectivity index (χ0v) is 35.5. The molecule has 10 rings (SSSR count). The van der Waals surface area contributed by atoms with E-state index in [-0.39, 0.29) is 6.71 Å². The Bertz CT molecular complexity index is 2920. The molecule has 4 heteroatoms. The topological polar surface area (TPSA) is 32.5 Å². The summed E-state index contributed by atoms with van der Waals surface area (Å²) < 4.78 is 0. The Labute approximate surface area is 367 Å². The molecule has 8 aromatic carbocycles. The van der Waals surface area contributed by atoms with Gasteiger partial charge in [0.15, 0.2) is 0 Å². The van der Waals surface area contributed by atoms with Crippen LogP contribution in [-0.2, 0) is 25.7 Å². The molecule has 2 aliphatic heterocycles. The molecule has 2 aliphatic rings. The van der Waals surface area contributed by atoms with Crippen LogP contribution in [-0.4, -0.2) is 6.71 Å². The standard InChI is InChI=1S/C58H50BN3/c1-3-14-41(4-2)33-45-21-27-50(28-22-45)61-54-31-25-47(35-43-17-10-6-11-18-43)37-52(54)59-53-38-48(36-44-19-12-7-13-20-44)26-32-55(53)62(57-40-49(60)39-56(61)58(57)59)51-29-23-46(24-30-51)34-42-15-8-5-9-16-42/h3-32,37-40H,33-36,60H2,1-2H3/b14-3-,41-4+. The van der Waals surface area contributed by atoms with E-state index in [1.54, 1.807) is 0 Å². The molecule has 0 saturated heterocycles. The number of allylic oxidation sites excluding steroid dienone is 4. The lowest BCUT2D eigenvalue weighted by Crippen LogP contribution is -2.61. The van der Waals surface area contributed by atoms with Crippen LogP contribution < -0.4 is 31.9 Å². The van der Waals surface area contributed by atoms with E-state index in [0.717, 1.165) is 54.1 Å². The van der Waals surface area contributed by atoms with Crippen molar-refractivity contribution in [2.24, 2.45) is 0 Å². The highest BCUT2D eigenvalue weighted by atomic mass is 15.2. The second-order valence-electron chi connectivity index (χ2n) is 16.7. The third-order valence-electron chi connectivity index (χ3n) is 12.5. The van der Waals surface area contributed by atoms with Gasteiger partial charge < -0.3 is 15.5 Å². The first-order valence-corrected chi connectivity index (χ1v) is 21.9. The normalized spacial score (nSPS) is 12.9. The minimum atomic E-state index is -0.0146. The molecule has 0 saturated carbocycles. The van der Waals surface area contributed by atoms with Crippen LogP contribution in [0.3, 0.4) is 0 Å². The number of benzene rings is 8. The van der Waals surface area contributed by atoms with Gasteiger partial charge in [0.05, 0.1) is 0 Å². The number of nitrogens with two attached hydrogens (primary N) is 1. The fourth-order valence-electron chi connectivity index (χ4n) is 9.63. The van der Waals surface area contributed by atoms with Crippen molar-refractivity contribution in [3.05, 3.63) is 251 Å². The van der Waals surface area contributed by atoms with E-state index in [1.165, 1.54) is 72.3 Å². The minimum Gasteiger partial charge on any atom is -0.399 e. The Morgan fingerprint density at radius 1 is 0.452 bits per heavy atom. The van der Waals surface area contributed by atoms with Crippen molar-refractivity contribution in [3.8, 4) is 0 Å². The number of hydrogen-bond acceptors (Lipinski definition) is 3. The molecule has 300 valence electrons. The number of anilines is 7. The van der Waals surface area contributed by atoms with E-state index in [1.807, 2.05) is 0 Å². The summed E-state index contributed by atoms with van der Waals surface area (Å²) in [4.78, 5) is 4.92. The highest BCUT2D eigenvalue weighted by Gasteiger charge is 2.43. The van der Waals surface area contributed by atoms with Gasteiger partial charge in [-0.15, -0.1) is 0 Å². The van der Waals surface area contributed by atoms with Crippen LogP contribution in [0.25, 0.3) is 0 Å². The van der Waals surface area contributed by atoms with Gasteiger partial charge in [-0.1, -0.05) is 158 Å². The van der Waals surface area contributed by atoms with E-state index in [0.29, 0.717) is 0 Å². The van der Waals surface area contributed by atoms with Gasteiger partial charge in [-0.05, 0) is 149 Å². The van der Waals surface area contributed by atoms with Gasteiger partial charge in [0.25, 0.3) is 6.71 Å². The summed E-state index contributed by atoms with van der Waals surface area (Å²) in [6.45, 7) is 4.18. The lowest BCUT2D eigenvalue weighted by molar-refractivity contribution is 1.17. The maximum absolute atomic E-state index is 7.04. The zero-order chi connectivity index (χ0) is 42.0. The van der Waals surface area contributed by atoms with E-state index >= 15 is 0 Å². The van der Waals surface area contributed by atoms with E-state index in [9.17, 15) is 0 Å². The molecule has 0 atom stereocenters. The predicted molar refractivity (Wildman–Crippen MR) is 265 cm³/mol. The highest BCUT2D eigenvalue weighted by molar-refractivity contribution is 7.00. The Morgan fingerprint density at radius 2 is 0.855 bits per heavy atom. The first-order valence-electron chi connectivity index (χ1n) is 21.9. The third kappa shape index (κ3) is 7.65. The first-order chi connectivity index (χ1) is 30.5. The molecule has 8 aromatic rings. The van der Waals surface area contributed by atoms with Crippen LogP contribution in [0.5, 0.6) is 0 Å². The van der Waals surface area contributed by atoms with Gasteiger partial charge in [-0.25, -0.2) is 0 Å². The molecule has 2 heterocycles. The van der Waals surface area contributed by atoms with Gasteiger partial charge in [-0.3, -0.25) is 0 Å². The summed E-state index contributed by atoms with van der Waals surface area (Å²) in [6.07, 6.45) is 10.0. The first kappa shape index (κ1) is 38.9. The number of rotatable bonds is 11. The molecule has 0 unspecified atom stereocenters. The summed E-state index contributed by atoms with van der Waals surface area (Å²) in [5.41, 5.74) is 28.9. The molecule has 0 bridgehead atoms. The maximum atomic E-state index is 7.04. The molecule has 3 nitrogen and oxygen atoms in total. The van der Waals surface area contributed by atoms with Crippen molar-refractivity contribution >= 4 is 62.9 Å². The Kier molecular flexibility index (Phi) is 10.7. The summed E-state index contributed by atoms with van der Waals surface area (Å²) in [5.74, 6) is 0. The summed E-state index contributed by atoms with van der Waals surface area (Å²) in [5, 5.41) is 0. The van der Waals surface area contributed by atoms with Gasteiger partial charge in [-0.2, -0.15) is 0 Å². The van der Waals surface area contributed by atoms with Crippen LogP contribution >= 0.6 is 0 Å². The quantitative estimate of drug-likeness (QED) is 0.0803. The van der Waals surface area contributed by atoms with Crippen molar-refractivity contribution < 1.29 is 0 Å². The monoisotopic (exact) mass is 799 g/mol. The summed E-state index contributed by atoms with van der Waals surface area (Å²) >= 11 is 0. The van der Waals surface area contributed by atoms with Gasteiger partial charge in [0.2, 0.25) is 0 Å². The van der Waals surface area contributed by atoms with Gasteiger partial charge >= 0.3 is 0 Å². The molecule has 0 spiro atoms. The SMILES string of the molecule is C/C=C\C(=C/C)Cc1ccc(N2c3ccc(Cc4ccccc4)cc3B3c4cc(Cc5ccccc5)ccc4N(c4ccc(Cc5ccccc5)cc4)c4cc(N)cc2c43)cc1. The molecular weight excluding hydrogens is 749 g/mol. The smallest absolute Gasteiger partial charge is 0.252 e. The van der Waals surface area contributed by atoms with Crippen molar-refractivity contribution in [2.75, 3.05) is 15.5 Å². The van der Waals surface area contributed by atoms with Crippen LogP contribution in [0, 0.1) is 0 Å². The lowest BCUT2D eigenvalue weighted by Gasteiger charge is -2.44. The molecule has 0 aromatic heterocycles. The van der Waals surface area contributed by atoms with Crippen molar-refractivity contribution in [1.29, 1.82) is 0 Å². The van der Waals surface area contributed by atoms with Crippen LogP contribution in [0.1, 0.15) is 52.8 Å². The Balaban J connectivity index is 1.17. The molecule has 0 fully saturated rings. The largest absolute Gasteiger partial charge is 0.399 e. The fourth-order valence-corrected chi connectivity index (χ4v) is 9.63. The van der Waals surface area contributed by atoms with Crippen LogP contribution in [0.4, 0.5) is 39.8 Å². The van der Waals surface area contributed by atoms with E-state index in [4.69, 9.17) is 5.73 Å². The van der Waals surface area contributed by atoms with Crippen molar-refractivity contribution in [1.82, 2.24) is 0 Å². The van der Waals surface area contributed by atoms with E-state index < -0.39 is 0 Å². The number of hydrogen-bond donors (Lipinski definition) is 1. The maximum Gasteiger partial charge on any atom is 0.252 e. The van der Waals surface area contributed by atoms with Gasteiger partial charge in [0.1, 0.15) is 0 Å². The zero-order valence-electron chi connectivity index (χ0n) is 35.5. The Morgan fingerprint density at radius 3 is 1.29 bits per heavy atom. The second-order valence-corrected chi connectivity index (χ2v) is 16.7. The predicted octanol–water partition coefficient (Wildman–Crippen LogP) is 12.2. The fraction of sp³-hybridized carbons (Fsp3) is 0.103. The minimum absolute atomic E-state index is 0.0146. The second kappa shape index (κ2) is 17.0. The molecule has 0 aliphatic carbocycles. The number of nitrogen functional groups attached to an aromatic ring is 1. The van der Waals surface area contributed by atoms with Crippen LogP contribution in [0.15, 0.2) is 212 Å². The van der Waals surface area contributed by atoms with E-state index in [2.05, 4.69) is 230 Å². The van der Waals surface area contributed by atoms with Crippen molar-refractivity contribution in [3.63, 3.8) is 0 Å². The number of nitrogens with zero attached hydrogens (tertiary/aromatic N) is 2. The molecular formula is C58H50BN3. The number of fused-ring (bicyclic) bond motifs is 4. The Hall–Kier alpha value is -7.30. The molecule has 0 amide bonds. The molecule has 0 radical (unpaired) electrons. The van der Waals surface area contributed by atoms with Gasteiger partial charge in [0, 0.05) is 39.8 Å². The lowest BCUT2D eigenvalue weighted by atomic mass is 9.33. The molecule has 2 N–H and O–H groups in total. The average molecular weight is 800 g/mol.